The van der Waals surface area contributed by atoms with Crippen molar-refractivity contribution < 1.29 is 4.79 Å². The molecule has 19 heavy (non-hydrogen) atoms. The lowest BCUT2D eigenvalue weighted by molar-refractivity contribution is -0.109. The van der Waals surface area contributed by atoms with E-state index in [4.69, 9.17) is 11.6 Å². The van der Waals surface area contributed by atoms with Crippen molar-refractivity contribution in [3.05, 3.63) is 58.3 Å². The lowest BCUT2D eigenvalue weighted by Crippen LogP contribution is -2.11. The average molecular weight is 276 g/mol. The first-order valence-corrected chi connectivity index (χ1v) is 6.76. The van der Waals surface area contributed by atoms with Gasteiger partial charge in [-0.05, 0) is 42.2 Å². The second-order valence-corrected chi connectivity index (χ2v) is 5.43. The molecule has 2 nitrogen and oxygen atoms in total. The molecule has 0 bridgehead atoms. The number of benzene rings is 1. The minimum atomic E-state index is -0.122. The highest BCUT2D eigenvalue weighted by molar-refractivity contribution is 6.30. The lowest BCUT2D eigenvalue weighted by atomic mass is 9.92. The highest BCUT2D eigenvalue weighted by Crippen LogP contribution is 2.31. The molecular weight excluding hydrogens is 258 g/mol. The first-order chi connectivity index (χ1) is 9.11. The van der Waals surface area contributed by atoms with Crippen molar-refractivity contribution in [2.45, 2.75) is 18.8 Å². The molecule has 0 radical (unpaired) electrons. The maximum Gasteiger partial charge on any atom is 0.127 e. The SMILES string of the molecule is CN(C)C1=C(CC(C=O)c2cccc(Cl)c2)CC=C1. The minimum absolute atomic E-state index is 0.122. The molecule has 0 N–H and O–H groups in total. The fraction of sp³-hybridized carbons (Fsp3) is 0.312. The maximum absolute atomic E-state index is 11.4. The largest absolute Gasteiger partial charge is 0.378 e. The Bertz CT molecular complexity index is 531. The zero-order valence-corrected chi connectivity index (χ0v) is 12.0. The van der Waals surface area contributed by atoms with Crippen LogP contribution in [0.1, 0.15) is 24.3 Å². The van der Waals surface area contributed by atoms with Gasteiger partial charge in [0, 0.05) is 30.7 Å². The molecule has 2 rings (SSSR count). The van der Waals surface area contributed by atoms with Crippen LogP contribution in [0, 0.1) is 0 Å². The second-order valence-electron chi connectivity index (χ2n) is 4.99. The van der Waals surface area contributed by atoms with Gasteiger partial charge in [-0.25, -0.2) is 0 Å². The van der Waals surface area contributed by atoms with Crippen molar-refractivity contribution in [3.8, 4) is 0 Å². The third-order valence-electron chi connectivity index (χ3n) is 3.39. The van der Waals surface area contributed by atoms with Gasteiger partial charge >= 0.3 is 0 Å². The number of likely N-dealkylation sites (N-methyl/N-ethyl adjacent to an activating group) is 1. The Balaban J connectivity index is 2.21. The topological polar surface area (TPSA) is 20.3 Å². The lowest BCUT2D eigenvalue weighted by Gasteiger charge is -2.18. The summed E-state index contributed by atoms with van der Waals surface area (Å²) in [6, 6.07) is 7.55. The molecule has 0 spiro atoms. The molecule has 100 valence electrons. The molecule has 1 unspecified atom stereocenters. The number of hydrogen-bond donors (Lipinski definition) is 0. The molecule has 1 aliphatic rings. The Kier molecular flexibility index (Phi) is 4.43. The van der Waals surface area contributed by atoms with Crippen molar-refractivity contribution in [2.24, 2.45) is 0 Å². The molecule has 1 aromatic carbocycles. The van der Waals surface area contributed by atoms with E-state index in [-0.39, 0.29) is 5.92 Å². The molecule has 0 saturated heterocycles. The summed E-state index contributed by atoms with van der Waals surface area (Å²) >= 11 is 5.99. The fourth-order valence-corrected chi connectivity index (χ4v) is 2.63. The van der Waals surface area contributed by atoms with Crippen molar-refractivity contribution in [1.29, 1.82) is 0 Å². The van der Waals surface area contributed by atoms with E-state index < -0.39 is 0 Å². The van der Waals surface area contributed by atoms with E-state index in [2.05, 4.69) is 17.1 Å². The molecule has 3 heteroatoms. The molecule has 0 saturated carbocycles. The van der Waals surface area contributed by atoms with Gasteiger partial charge in [0.1, 0.15) is 6.29 Å². The maximum atomic E-state index is 11.4. The first-order valence-electron chi connectivity index (χ1n) is 6.38. The zero-order valence-electron chi connectivity index (χ0n) is 11.3. The van der Waals surface area contributed by atoms with E-state index >= 15 is 0 Å². The minimum Gasteiger partial charge on any atom is -0.378 e. The normalized spacial score (nSPS) is 15.7. The summed E-state index contributed by atoms with van der Waals surface area (Å²) < 4.78 is 0. The first kappa shape index (κ1) is 13.9. The van der Waals surface area contributed by atoms with Gasteiger partial charge in [0.15, 0.2) is 0 Å². The summed E-state index contributed by atoms with van der Waals surface area (Å²) in [4.78, 5) is 13.5. The van der Waals surface area contributed by atoms with E-state index in [9.17, 15) is 4.79 Å². The standard InChI is InChI=1S/C16H18ClNO/c1-18(2)16-8-4-6-13(16)9-14(11-19)12-5-3-7-15(17)10-12/h3-5,7-8,10-11,14H,6,9H2,1-2H3. The van der Waals surface area contributed by atoms with Crippen LogP contribution in [0.25, 0.3) is 0 Å². The Labute approximate surface area is 119 Å². The Hall–Kier alpha value is -1.54. The summed E-state index contributed by atoms with van der Waals surface area (Å²) in [6.45, 7) is 0. The smallest absolute Gasteiger partial charge is 0.127 e. The molecular formula is C16H18ClNO. The van der Waals surface area contributed by atoms with Gasteiger partial charge in [-0.1, -0.05) is 29.8 Å². The molecule has 0 fully saturated rings. The van der Waals surface area contributed by atoms with E-state index in [0.717, 1.165) is 24.7 Å². The predicted octanol–water partition coefficient (Wildman–Crippen LogP) is 3.79. The number of allylic oxidation sites excluding steroid dienone is 3. The van der Waals surface area contributed by atoms with E-state index in [1.54, 1.807) is 0 Å². The second kappa shape index (κ2) is 6.07. The van der Waals surface area contributed by atoms with E-state index in [1.807, 2.05) is 38.4 Å². The van der Waals surface area contributed by atoms with Crippen LogP contribution < -0.4 is 0 Å². The van der Waals surface area contributed by atoms with Gasteiger partial charge in [-0.15, -0.1) is 0 Å². The summed E-state index contributed by atoms with van der Waals surface area (Å²) in [5, 5.41) is 0.677. The number of aldehydes is 1. The average Bonchev–Trinajstić information content (AvgIpc) is 2.84. The zero-order chi connectivity index (χ0) is 13.8. The van der Waals surface area contributed by atoms with Crippen LogP contribution in [0.4, 0.5) is 0 Å². The summed E-state index contributed by atoms with van der Waals surface area (Å²) in [5.41, 5.74) is 3.51. The van der Waals surface area contributed by atoms with Crippen LogP contribution in [-0.2, 0) is 4.79 Å². The molecule has 0 aliphatic heterocycles. The predicted molar refractivity (Wildman–Crippen MR) is 79.3 cm³/mol. The van der Waals surface area contributed by atoms with Gasteiger partial charge in [0.25, 0.3) is 0 Å². The quantitative estimate of drug-likeness (QED) is 0.762. The van der Waals surface area contributed by atoms with Crippen LogP contribution in [0.15, 0.2) is 47.7 Å². The highest BCUT2D eigenvalue weighted by atomic mass is 35.5. The Morgan fingerprint density at radius 1 is 1.42 bits per heavy atom. The highest BCUT2D eigenvalue weighted by Gasteiger charge is 2.18. The number of carbonyl (C=O) groups is 1. The molecule has 0 aromatic heterocycles. The van der Waals surface area contributed by atoms with Crippen LogP contribution in [-0.4, -0.2) is 25.3 Å². The van der Waals surface area contributed by atoms with Gasteiger partial charge in [0.2, 0.25) is 0 Å². The third-order valence-corrected chi connectivity index (χ3v) is 3.63. The fourth-order valence-electron chi connectivity index (χ4n) is 2.44. The van der Waals surface area contributed by atoms with E-state index in [1.165, 1.54) is 11.3 Å². The van der Waals surface area contributed by atoms with Crippen molar-refractivity contribution in [3.63, 3.8) is 0 Å². The van der Waals surface area contributed by atoms with Crippen LogP contribution in [0.3, 0.4) is 0 Å². The molecule has 1 aromatic rings. The number of nitrogens with zero attached hydrogens (tertiary/aromatic N) is 1. The number of hydrogen-bond acceptors (Lipinski definition) is 2. The third kappa shape index (κ3) is 3.27. The van der Waals surface area contributed by atoms with Gasteiger partial charge < -0.3 is 9.69 Å². The summed E-state index contributed by atoms with van der Waals surface area (Å²) in [6.07, 6.45) is 6.96. The number of carbonyl (C=O) groups excluding carboxylic acids is 1. The van der Waals surface area contributed by atoms with Crippen LogP contribution in [0.5, 0.6) is 0 Å². The number of rotatable bonds is 5. The summed E-state index contributed by atoms with van der Waals surface area (Å²) in [7, 11) is 4.06. The molecule has 1 atom stereocenters. The van der Waals surface area contributed by atoms with Gasteiger partial charge in [0.05, 0.1) is 0 Å². The monoisotopic (exact) mass is 275 g/mol. The van der Waals surface area contributed by atoms with Crippen LogP contribution >= 0.6 is 11.6 Å². The van der Waals surface area contributed by atoms with Gasteiger partial charge in [-0.3, -0.25) is 0 Å². The summed E-state index contributed by atoms with van der Waals surface area (Å²) in [5.74, 6) is -0.122. The van der Waals surface area contributed by atoms with Gasteiger partial charge in [-0.2, -0.15) is 0 Å². The van der Waals surface area contributed by atoms with Crippen LogP contribution in [0.2, 0.25) is 5.02 Å². The van der Waals surface area contributed by atoms with Crippen molar-refractivity contribution >= 4 is 17.9 Å². The Morgan fingerprint density at radius 2 is 2.21 bits per heavy atom. The Morgan fingerprint density at radius 3 is 2.84 bits per heavy atom. The number of halogens is 1. The molecule has 0 heterocycles. The van der Waals surface area contributed by atoms with Crippen molar-refractivity contribution in [2.75, 3.05) is 14.1 Å². The van der Waals surface area contributed by atoms with E-state index in [0.29, 0.717) is 5.02 Å². The van der Waals surface area contributed by atoms with Crippen molar-refractivity contribution in [1.82, 2.24) is 4.90 Å². The molecule has 0 amide bonds. The molecule has 1 aliphatic carbocycles.